The summed E-state index contributed by atoms with van der Waals surface area (Å²) in [6.07, 6.45) is 4.46. The molecule has 5 aliphatic heterocycles. The van der Waals surface area contributed by atoms with Gasteiger partial charge in [-0.2, -0.15) is 15.1 Å². The van der Waals surface area contributed by atoms with E-state index in [2.05, 4.69) is 14.9 Å². The Kier molecular flexibility index (Phi) is 7.80. The number of benzene rings is 1. The minimum Gasteiger partial charge on any atom is -0.461 e. The van der Waals surface area contributed by atoms with Crippen molar-refractivity contribution in [2.45, 2.75) is 96.1 Å². The predicted octanol–water partition coefficient (Wildman–Crippen LogP) is 3.97. The molecule has 7 heterocycles. The Morgan fingerprint density at radius 1 is 1.10 bits per heavy atom. The van der Waals surface area contributed by atoms with E-state index in [4.69, 9.17) is 28.8 Å². The molecule has 2 bridgehead atoms. The SMILES string of the molecule is Cn1cc2c(n1)c(B1OCC(C)(C)CO1)c(F)c1nc(OC[C@@]34CCCN3C[C@H](F)C4)nc(N3C[C@H]4CC[C@@H](C3)N4C(=O)OC(C)(C)C)c12. The van der Waals surface area contributed by atoms with Gasteiger partial charge in [-0.25, -0.2) is 13.6 Å². The second-order valence-electron chi connectivity index (χ2n) is 16.5. The lowest BCUT2D eigenvalue weighted by atomic mass is 9.74. The van der Waals surface area contributed by atoms with Crippen molar-refractivity contribution in [2.75, 3.05) is 50.9 Å². The van der Waals surface area contributed by atoms with Crippen molar-refractivity contribution >= 4 is 46.3 Å². The molecule has 0 saturated carbocycles. The third-order valence-corrected chi connectivity index (χ3v) is 10.8. The fourth-order valence-corrected chi connectivity index (χ4v) is 8.64. The van der Waals surface area contributed by atoms with Crippen molar-refractivity contribution in [3.8, 4) is 6.01 Å². The van der Waals surface area contributed by atoms with Crippen molar-refractivity contribution in [2.24, 2.45) is 12.5 Å². The minimum atomic E-state index is -0.961. The number of ether oxygens (including phenoxy) is 2. The number of carbonyl (C=O) groups excluding carboxylic acids is 1. The molecule has 5 fully saturated rings. The van der Waals surface area contributed by atoms with Gasteiger partial charge in [0.1, 0.15) is 29.7 Å². The standard InChI is InChI=1S/C34H46BF2N7O5/c1-32(2,3)49-31(45)44-21-8-9-22(44)15-42(14-21)29-24-23-16-41(6)40-27(23)25(35-47-17-33(4,5)18-48-35)26(37)28(24)38-30(39-29)46-19-34-10-7-11-43(34)13-20(36)12-34/h16,20-22H,7-15,17-19H2,1-6H3/t20-,21-,22+,34+/m1/s1. The maximum absolute atomic E-state index is 17.1. The number of fused-ring (bicyclic) bond motifs is 6. The minimum absolute atomic E-state index is 0.0349. The van der Waals surface area contributed by atoms with Gasteiger partial charge >= 0.3 is 19.2 Å². The average Bonchev–Trinajstić information content (AvgIpc) is 3.75. The highest BCUT2D eigenvalue weighted by atomic mass is 19.1. The zero-order chi connectivity index (χ0) is 34.5. The monoisotopic (exact) mass is 681 g/mol. The molecule has 0 aliphatic carbocycles. The van der Waals surface area contributed by atoms with Crippen LogP contribution in [0.15, 0.2) is 6.20 Å². The summed E-state index contributed by atoms with van der Waals surface area (Å²) >= 11 is 0. The van der Waals surface area contributed by atoms with E-state index < -0.39 is 30.2 Å². The number of piperazine rings is 1. The first-order chi connectivity index (χ1) is 23.2. The topological polar surface area (TPSA) is 107 Å². The Morgan fingerprint density at radius 2 is 1.82 bits per heavy atom. The van der Waals surface area contributed by atoms with Crippen LogP contribution in [-0.2, 0) is 21.1 Å². The lowest BCUT2D eigenvalue weighted by Gasteiger charge is -2.42. The second-order valence-corrected chi connectivity index (χ2v) is 16.5. The molecule has 49 heavy (non-hydrogen) atoms. The zero-order valence-electron chi connectivity index (χ0n) is 29.3. The quantitative estimate of drug-likeness (QED) is 0.368. The number of rotatable bonds is 5. The highest BCUT2D eigenvalue weighted by Crippen LogP contribution is 2.42. The van der Waals surface area contributed by atoms with E-state index >= 15 is 4.39 Å². The van der Waals surface area contributed by atoms with Gasteiger partial charge < -0.3 is 23.7 Å². The first-order valence-electron chi connectivity index (χ1n) is 17.6. The van der Waals surface area contributed by atoms with Crippen molar-refractivity contribution in [1.29, 1.82) is 0 Å². The van der Waals surface area contributed by atoms with E-state index in [0.29, 0.717) is 61.4 Å². The maximum Gasteiger partial charge on any atom is 0.499 e. The smallest absolute Gasteiger partial charge is 0.461 e. The Hall–Kier alpha value is -3.30. The summed E-state index contributed by atoms with van der Waals surface area (Å²) < 4.78 is 57.7. The summed E-state index contributed by atoms with van der Waals surface area (Å²) in [5, 5.41) is 5.88. The van der Waals surface area contributed by atoms with Gasteiger partial charge in [-0.05, 0) is 53.0 Å². The molecule has 0 radical (unpaired) electrons. The van der Waals surface area contributed by atoms with E-state index in [1.807, 2.05) is 45.7 Å². The fraction of sp³-hybridized carbons (Fsp3) is 0.706. The van der Waals surface area contributed by atoms with E-state index in [1.54, 1.807) is 11.7 Å². The number of aromatic nitrogens is 4. The fourth-order valence-electron chi connectivity index (χ4n) is 8.64. The predicted molar refractivity (Wildman–Crippen MR) is 180 cm³/mol. The summed E-state index contributed by atoms with van der Waals surface area (Å²) in [6, 6.07) is -0.169. The molecule has 4 atom stereocenters. The molecule has 0 spiro atoms. The van der Waals surface area contributed by atoms with Crippen LogP contribution in [0.1, 0.15) is 66.7 Å². The van der Waals surface area contributed by atoms with Gasteiger partial charge in [0, 0.05) is 68.8 Å². The molecule has 2 aromatic heterocycles. The molecule has 264 valence electrons. The van der Waals surface area contributed by atoms with Crippen molar-refractivity contribution in [1.82, 2.24) is 29.5 Å². The lowest BCUT2D eigenvalue weighted by molar-refractivity contribution is 0.0122. The molecular weight excluding hydrogens is 635 g/mol. The Bertz CT molecular complexity index is 1780. The summed E-state index contributed by atoms with van der Waals surface area (Å²) in [7, 11) is 0.834. The summed E-state index contributed by atoms with van der Waals surface area (Å²) in [5.74, 6) is -0.0773. The van der Waals surface area contributed by atoms with Crippen LogP contribution >= 0.6 is 0 Å². The molecule has 0 unspecified atom stereocenters. The van der Waals surface area contributed by atoms with Crippen molar-refractivity contribution in [3.05, 3.63) is 12.0 Å². The van der Waals surface area contributed by atoms with E-state index in [9.17, 15) is 9.18 Å². The zero-order valence-corrected chi connectivity index (χ0v) is 29.3. The van der Waals surface area contributed by atoms with Crippen LogP contribution in [-0.4, -0.2) is 118 Å². The van der Waals surface area contributed by atoms with Gasteiger partial charge in [-0.1, -0.05) is 13.8 Å². The summed E-state index contributed by atoms with van der Waals surface area (Å²) in [6.45, 7) is 12.9. The van der Waals surface area contributed by atoms with Crippen molar-refractivity contribution < 1.29 is 32.4 Å². The van der Waals surface area contributed by atoms with E-state index in [-0.39, 0.29) is 47.2 Å². The molecule has 12 nitrogen and oxygen atoms in total. The highest BCUT2D eigenvalue weighted by molar-refractivity contribution is 6.65. The van der Waals surface area contributed by atoms with Crippen LogP contribution in [0.4, 0.5) is 19.4 Å². The molecule has 5 saturated heterocycles. The third kappa shape index (κ3) is 5.79. The Balaban J connectivity index is 1.22. The number of nitrogens with zero attached hydrogens (tertiary/aromatic N) is 7. The number of hydrogen-bond acceptors (Lipinski definition) is 10. The van der Waals surface area contributed by atoms with Gasteiger partial charge in [0.2, 0.25) is 0 Å². The van der Waals surface area contributed by atoms with Crippen LogP contribution in [0.25, 0.3) is 21.8 Å². The number of hydrogen-bond donors (Lipinski definition) is 0. The van der Waals surface area contributed by atoms with Gasteiger partial charge in [-0.15, -0.1) is 0 Å². The largest absolute Gasteiger partial charge is 0.499 e. The molecule has 0 N–H and O–H groups in total. The number of aryl methyl sites for hydroxylation is 1. The van der Waals surface area contributed by atoms with Crippen molar-refractivity contribution in [3.63, 3.8) is 0 Å². The van der Waals surface area contributed by atoms with Gasteiger partial charge in [0.25, 0.3) is 0 Å². The molecule has 1 amide bonds. The average molecular weight is 682 g/mol. The number of alkyl halides is 1. The highest BCUT2D eigenvalue weighted by Gasteiger charge is 2.50. The van der Waals surface area contributed by atoms with Gasteiger partial charge in [0.05, 0.1) is 28.5 Å². The van der Waals surface area contributed by atoms with E-state index in [1.165, 1.54) is 0 Å². The van der Waals surface area contributed by atoms with E-state index in [0.717, 1.165) is 32.2 Å². The number of halogens is 2. The molecular formula is C34H46BF2N7O5. The third-order valence-electron chi connectivity index (χ3n) is 10.8. The molecule has 1 aromatic carbocycles. The van der Waals surface area contributed by atoms with Gasteiger partial charge in [0.15, 0.2) is 5.82 Å². The van der Waals surface area contributed by atoms with Crippen LogP contribution in [0.3, 0.4) is 0 Å². The van der Waals surface area contributed by atoms with Gasteiger partial charge in [-0.3, -0.25) is 14.5 Å². The second kappa shape index (κ2) is 11.6. The molecule has 15 heteroatoms. The number of carbonyl (C=O) groups is 1. The lowest BCUT2D eigenvalue weighted by Crippen LogP contribution is -2.57. The Morgan fingerprint density at radius 3 is 2.51 bits per heavy atom. The van der Waals surface area contributed by atoms with Crippen LogP contribution < -0.4 is 15.1 Å². The normalized spacial score (nSPS) is 28.6. The number of anilines is 1. The van der Waals surface area contributed by atoms with Crippen LogP contribution in [0, 0.1) is 11.2 Å². The first-order valence-corrected chi connectivity index (χ1v) is 17.6. The molecule has 5 aliphatic rings. The number of amides is 1. The molecule has 8 rings (SSSR count). The Labute approximate surface area is 285 Å². The maximum atomic E-state index is 17.1. The molecule has 3 aromatic rings. The summed E-state index contributed by atoms with van der Waals surface area (Å²) in [5.41, 5.74) is -0.543. The van der Waals surface area contributed by atoms with Crippen LogP contribution in [0.5, 0.6) is 6.01 Å². The van der Waals surface area contributed by atoms with Crippen LogP contribution in [0.2, 0.25) is 0 Å². The first kappa shape index (κ1) is 32.9. The summed E-state index contributed by atoms with van der Waals surface area (Å²) in [4.78, 5) is 29.1.